The first kappa shape index (κ1) is 18.2. The summed E-state index contributed by atoms with van der Waals surface area (Å²) in [5.41, 5.74) is 0.716. The van der Waals surface area contributed by atoms with Crippen molar-refractivity contribution in [2.75, 3.05) is 13.7 Å². The van der Waals surface area contributed by atoms with Crippen LogP contribution in [0.1, 0.15) is 19.4 Å². The van der Waals surface area contributed by atoms with Crippen molar-refractivity contribution in [3.63, 3.8) is 0 Å². The Morgan fingerprint density at radius 1 is 1.26 bits per heavy atom. The molecule has 1 unspecified atom stereocenters. The lowest BCUT2D eigenvalue weighted by molar-refractivity contribution is -0.149. The molecule has 1 aromatic carbocycles. The first-order chi connectivity index (χ1) is 11.0. The molecular formula is C16H20N2O5. The second-order valence-corrected chi connectivity index (χ2v) is 4.45. The van der Waals surface area contributed by atoms with Crippen LogP contribution in [-0.4, -0.2) is 37.7 Å². The van der Waals surface area contributed by atoms with E-state index in [0.29, 0.717) is 17.9 Å². The predicted molar refractivity (Wildman–Crippen MR) is 84.8 cm³/mol. The number of urea groups is 1. The average Bonchev–Trinajstić information content (AvgIpc) is 2.54. The maximum atomic E-state index is 11.7. The molecule has 0 saturated heterocycles. The molecule has 0 heterocycles. The van der Waals surface area contributed by atoms with Gasteiger partial charge in [-0.2, -0.15) is 0 Å². The second kappa shape index (κ2) is 9.24. The number of carbonyl (C=O) groups excluding carboxylic acids is 3. The highest BCUT2D eigenvalue weighted by molar-refractivity contribution is 5.98. The molecule has 3 amide bonds. The van der Waals surface area contributed by atoms with Crippen LogP contribution in [0, 0.1) is 0 Å². The Balaban J connectivity index is 2.62. The highest BCUT2D eigenvalue weighted by Gasteiger charge is 2.18. The van der Waals surface area contributed by atoms with Gasteiger partial charge < -0.3 is 14.8 Å². The Hall–Kier alpha value is -2.83. The molecule has 0 fully saturated rings. The number of esters is 1. The van der Waals surface area contributed by atoms with Gasteiger partial charge in [0, 0.05) is 18.7 Å². The Morgan fingerprint density at radius 2 is 1.96 bits per heavy atom. The smallest absolute Gasteiger partial charge is 0.331 e. The van der Waals surface area contributed by atoms with Crippen molar-refractivity contribution in [1.29, 1.82) is 0 Å². The van der Waals surface area contributed by atoms with E-state index < -0.39 is 24.0 Å². The Kier molecular flexibility index (Phi) is 7.32. The van der Waals surface area contributed by atoms with Gasteiger partial charge >= 0.3 is 12.0 Å². The minimum Gasteiger partial charge on any atom is -0.493 e. The van der Waals surface area contributed by atoms with Crippen LogP contribution in [0.25, 0.3) is 6.08 Å². The number of rotatable bonds is 6. The van der Waals surface area contributed by atoms with E-state index in [1.165, 1.54) is 26.1 Å². The first-order valence-electron chi connectivity index (χ1n) is 7.11. The van der Waals surface area contributed by atoms with Crippen LogP contribution in [-0.2, 0) is 14.3 Å². The molecule has 1 atom stereocenters. The van der Waals surface area contributed by atoms with Crippen LogP contribution < -0.4 is 15.4 Å². The Morgan fingerprint density at radius 3 is 2.61 bits per heavy atom. The van der Waals surface area contributed by atoms with Gasteiger partial charge in [0.05, 0.1) is 6.61 Å². The van der Waals surface area contributed by atoms with Gasteiger partial charge in [-0.3, -0.25) is 10.1 Å². The van der Waals surface area contributed by atoms with Gasteiger partial charge in [-0.05, 0) is 26.0 Å². The maximum Gasteiger partial charge on any atom is 0.331 e. The van der Waals surface area contributed by atoms with Crippen LogP contribution in [0.4, 0.5) is 4.79 Å². The zero-order valence-corrected chi connectivity index (χ0v) is 13.3. The van der Waals surface area contributed by atoms with Gasteiger partial charge in [0.15, 0.2) is 6.10 Å². The third kappa shape index (κ3) is 6.21. The summed E-state index contributed by atoms with van der Waals surface area (Å²) in [6.45, 7) is 3.74. The number of hydrogen-bond donors (Lipinski definition) is 2. The number of amides is 3. The lowest BCUT2D eigenvalue weighted by Crippen LogP contribution is -2.43. The zero-order valence-electron chi connectivity index (χ0n) is 13.3. The largest absolute Gasteiger partial charge is 0.493 e. The van der Waals surface area contributed by atoms with E-state index in [0.717, 1.165) is 0 Å². The molecular weight excluding hydrogens is 300 g/mol. The fourth-order valence-corrected chi connectivity index (χ4v) is 1.61. The standard InChI is InChI=1S/C16H20N2O5/c1-4-22-13-8-6-5-7-12(13)9-10-14(19)23-11(2)15(20)18-16(21)17-3/h5-11H,4H2,1-3H3,(H2,17,18,20,21)/b10-9+. The fraction of sp³-hybridized carbons (Fsp3) is 0.312. The van der Waals surface area contributed by atoms with E-state index in [4.69, 9.17) is 9.47 Å². The van der Waals surface area contributed by atoms with Gasteiger partial charge in [0.25, 0.3) is 5.91 Å². The van der Waals surface area contributed by atoms with Crippen molar-refractivity contribution in [1.82, 2.24) is 10.6 Å². The molecule has 0 aliphatic rings. The molecule has 2 N–H and O–H groups in total. The molecule has 0 aliphatic carbocycles. The molecule has 124 valence electrons. The lowest BCUT2D eigenvalue weighted by Gasteiger charge is -2.11. The molecule has 0 aliphatic heterocycles. The topological polar surface area (TPSA) is 93.7 Å². The first-order valence-corrected chi connectivity index (χ1v) is 7.11. The fourth-order valence-electron chi connectivity index (χ4n) is 1.61. The quantitative estimate of drug-likeness (QED) is 0.612. The van der Waals surface area contributed by atoms with E-state index >= 15 is 0 Å². The summed E-state index contributed by atoms with van der Waals surface area (Å²) in [5, 5.41) is 4.25. The van der Waals surface area contributed by atoms with E-state index in [9.17, 15) is 14.4 Å². The summed E-state index contributed by atoms with van der Waals surface area (Å²) >= 11 is 0. The lowest BCUT2D eigenvalue weighted by atomic mass is 10.2. The van der Waals surface area contributed by atoms with Crippen molar-refractivity contribution < 1.29 is 23.9 Å². The van der Waals surface area contributed by atoms with Crippen LogP contribution in [0.15, 0.2) is 30.3 Å². The van der Waals surface area contributed by atoms with E-state index in [2.05, 4.69) is 5.32 Å². The maximum absolute atomic E-state index is 11.7. The third-order valence-electron chi connectivity index (χ3n) is 2.74. The molecule has 0 saturated carbocycles. The number of hydrogen-bond acceptors (Lipinski definition) is 5. The number of benzene rings is 1. The highest BCUT2D eigenvalue weighted by Crippen LogP contribution is 2.19. The minimum atomic E-state index is -1.09. The summed E-state index contributed by atoms with van der Waals surface area (Å²) in [6, 6.07) is 6.54. The zero-order chi connectivity index (χ0) is 17.2. The van der Waals surface area contributed by atoms with Crippen molar-refractivity contribution >= 4 is 24.0 Å². The van der Waals surface area contributed by atoms with Gasteiger partial charge in [-0.1, -0.05) is 18.2 Å². The molecule has 1 rings (SSSR count). The van der Waals surface area contributed by atoms with Crippen LogP contribution >= 0.6 is 0 Å². The Bertz CT molecular complexity index is 598. The van der Waals surface area contributed by atoms with E-state index in [-0.39, 0.29) is 0 Å². The monoisotopic (exact) mass is 320 g/mol. The second-order valence-electron chi connectivity index (χ2n) is 4.45. The summed E-state index contributed by atoms with van der Waals surface area (Å²) in [4.78, 5) is 34.3. The Labute approximate surface area is 134 Å². The number of carbonyl (C=O) groups is 3. The summed E-state index contributed by atoms with van der Waals surface area (Å²) in [5.74, 6) is -0.763. The highest BCUT2D eigenvalue weighted by atomic mass is 16.5. The summed E-state index contributed by atoms with van der Waals surface area (Å²) in [7, 11) is 1.37. The van der Waals surface area contributed by atoms with Crippen LogP contribution in [0.3, 0.4) is 0 Å². The normalized spacial score (nSPS) is 11.6. The number of ether oxygens (including phenoxy) is 2. The van der Waals surface area contributed by atoms with Gasteiger partial charge in [-0.25, -0.2) is 9.59 Å². The molecule has 7 nitrogen and oxygen atoms in total. The van der Waals surface area contributed by atoms with Crippen LogP contribution in [0.5, 0.6) is 5.75 Å². The average molecular weight is 320 g/mol. The molecule has 7 heteroatoms. The molecule has 0 aromatic heterocycles. The summed E-state index contributed by atoms with van der Waals surface area (Å²) < 4.78 is 10.4. The SMILES string of the molecule is CCOc1ccccc1/C=C/C(=O)OC(C)C(=O)NC(=O)NC. The van der Waals surface area contributed by atoms with E-state index in [1.807, 2.05) is 24.4 Å². The van der Waals surface area contributed by atoms with Gasteiger partial charge in [0.1, 0.15) is 5.75 Å². The number of imide groups is 1. The molecule has 1 aromatic rings. The van der Waals surface area contributed by atoms with Gasteiger partial charge in [-0.15, -0.1) is 0 Å². The molecule has 0 spiro atoms. The van der Waals surface area contributed by atoms with Crippen molar-refractivity contribution in [2.24, 2.45) is 0 Å². The van der Waals surface area contributed by atoms with Crippen molar-refractivity contribution in [2.45, 2.75) is 20.0 Å². The van der Waals surface area contributed by atoms with Crippen molar-refractivity contribution in [3.8, 4) is 5.75 Å². The number of nitrogens with one attached hydrogen (secondary N) is 2. The minimum absolute atomic E-state index is 0.506. The molecule has 0 radical (unpaired) electrons. The van der Waals surface area contributed by atoms with Crippen LogP contribution in [0.2, 0.25) is 0 Å². The van der Waals surface area contributed by atoms with E-state index in [1.54, 1.807) is 12.1 Å². The predicted octanol–water partition coefficient (Wildman–Crippen LogP) is 1.49. The molecule has 0 bridgehead atoms. The summed E-state index contributed by atoms with van der Waals surface area (Å²) in [6.07, 6.45) is 1.64. The molecule has 23 heavy (non-hydrogen) atoms. The van der Waals surface area contributed by atoms with Gasteiger partial charge in [0.2, 0.25) is 0 Å². The number of para-hydroxylation sites is 1. The van der Waals surface area contributed by atoms with Crippen molar-refractivity contribution in [3.05, 3.63) is 35.9 Å². The third-order valence-corrected chi connectivity index (χ3v) is 2.74.